The maximum absolute atomic E-state index is 13.4. The van der Waals surface area contributed by atoms with Gasteiger partial charge in [-0.2, -0.15) is 0 Å². The highest BCUT2D eigenvalue weighted by atomic mass is 16.6. The molecule has 1 saturated heterocycles. The molecule has 2 heterocycles. The van der Waals surface area contributed by atoms with Gasteiger partial charge in [-0.05, 0) is 11.6 Å². The first kappa shape index (κ1) is 19.3. The van der Waals surface area contributed by atoms with Crippen LogP contribution in [0.4, 0.5) is 0 Å². The number of benzene rings is 3. The first-order chi connectivity index (χ1) is 15.1. The Bertz CT molecular complexity index is 1150. The molecule has 0 radical (unpaired) electrons. The summed E-state index contributed by atoms with van der Waals surface area (Å²) in [5.41, 5.74) is -0.794. The number of hydrogen-bond acceptors (Lipinski definition) is 6. The van der Waals surface area contributed by atoms with Gasteiger partial charge >= 0.3 is 11.9 Å². The molecule has 0 saturated carbocycles. The van der Waals surface area contributed by atoms with Crippen LogP contribution in [0.5, 0.6) is 5.75 Å². The number of esters is 2. The number of fused-ring (bicyclic) bond motifs is 3. The summed E-state index contributed by atoms with van der Waals surface area (Å²) in [6, 6.07) is 25.4. The monoisotopic (exact) mass is 415 g/mol. The summed E-state index contributed by atoms with van der Waals surface area (Å²) in [7, 11) is 2.67. The summed E-state index contributed by atoms with van der Waals surface area (Å²) < 4.78 is 17.0. The SMILES string of the molecule is COC(=O)C1(c2ccccc2)Oc2ccccc2C2N1C2(C(=O)OC)c1ccccc1. The standard InChI is InChI=1S/C25H21NO5/c1-29-22(27)24(17-11-5-3-6-12-17)21-19-15-9-10-16-20(19)31-25(26(21)24,23(28)30-2)18-13-7-4-8-14-18/h3-16,21H,1-2H3. The van der Waals surface area contributed by atoms with Crippen LogP contribution in [0.1, 0.15) is 22.7 Å². The number of para-hydroxylation sites is 1. The molecule has 0 spiro atoms. The second-order valence-electron chi connectivity index (χ2n) is 7.54. The number of carbonyl (C=O) groups is 2. The molecular weight excluding hydrogens is 394 g/mol. The molecule has 3 aromatic carbocycles. The zero-order valence-electron chi connectivity index (χ0n) is 17.1. The Morgan fingerprint density at radius 3 is 1.94 bits per heavy atom. The molecule has 6 nitrogen and oxygen atoms in total. The third kappa shape index (κ3) is 2.42. The Morgan fingerprint density at radius 1 is 0.774 bits per heavy atom. The van der Waals surface area contributed by atoms with Crippen molar-refractivity contribution in [3.63, 3.8) is 0 Å². The van der Waals surface area contributed by atoms with Gasteiger partial charge in [-0.25, -0.2) is 14.5 Å². The van der Waals surface area contributed by atoms with Gasteiger partial charge in [0.1, 0.15) is 5.75 Å². The summed E-state index contributed by atoms with van der Waals surface area (Å²) in [4.78, 5) is 28.6. The van der Waals surface area contributed by atoms with E-state index in [4.69, 9.17) is 14.2 Å². The van der Waals surface area contributed by atoms with Crippen molar-refractivity contribution in [1.82, 2.24) is 4.90 Å². The Kier molecular flexibility index (Phi) is 4.34. The lowest BCUT2D eigenvalue weighted by atomic mass is 9.91. The van der Waals surface area contributed by atoms with Crippen molar-refractivity contribution >= 4 is 11.9 Å². The minimum Gasteiger partial charge on any atom is -0.467 e. The van der Waals surface area contributed by atoms with E-state index >= 15 is 0 Å². The maximum atomic E-state index is 13.4. The van der Waals surface area contributed by atoms with Crippen molar-refractivity contribution in [2.45, 2.75) is 17.3 Å². The zero-order valence-corrected chi connectivity index (χ0v) is 17.1. The Morgan fingerprint density at radius 2 is 1.32 bits per heavy atom. The molecule has 4 unspecified atom stereocenters. The van der Waals surface area contributed by atoms with Crippen LogP contribution in [-0.4, -0.2) is 31.1 Å². The van der Waals surface area contributed by atoms with Crippen LogP contribution in [0.15, 0.2) is 84.9 Å². The van der Waals surface area contributed by atoms with Gasteiger partial charge in [0.05, 0.1) is 20.3 Å². The second kappa shape index (κ2) is 6.96. The van der Waals surface area contributed by atoms with Gasteiger partial charge in [0.15, 0.2) is 5.54 Å². The molecule has 0 aromatic heterocycles. The van der Waals surface area contributed by atoms with Crippen molar-refractivity contribution in [2.75, 3.05) is 14.2 Å². The maximum Gasteiger partial charge on any atom is 0.371 e. The van der Waals surface area contributed by atoms with Crippen LogP contribution >= 0.6 is 0 Å². The summed E-state index contributed by atoms with van der Waals surface area (Å²) >= 11 is 0. The lowest BCUT2D eigenvalue weighted by Gasteiger charge is -2.38. The highest BCUT2D eigenvalue weighted by molar-refractivity contribution is 5.93. The normalized spacial score (nSPS) is 27.8. The lowest BCUT2D eigenvalue weighted by molar-refractivity contribution is -0.178. The number of methoxy groups -OCH3 is 2. The van der Waals surface area contributed by atoms with Gasteiger partial charge in [0, 0.05) is 11.1 Å². The van der Waals surface area contributed by atoms with Gasteiger partial charge in [0.25, 0.3) is 5.72 Å². The second-order valence-corrected chi connectivity index (χ2v) is 7.54. The van der Waals surface area contributed by atoms with Crippen molar-refractivity contribution in [2.24, 2.45) is 0 Å². The van der Waals surface area contributed by atoms with Gasteiger partial charge in [0.2, 0.25) is 0 Å². The number of nitrogens with zero attached hydrogens (tertiary/aromatic N) is 1. The summed E-state index contributed by atoms with van der Waals surface area (Å²) in [5.74, 6) is -0.548. The fourth-order valence-electron chi connectivity index (χ4n) is 4.82. The van der Waals surface area contributed by atoms with Crippen LogP contribution < -0.4 is 4.74 Å². The van der Waals surface area contributed by atoms with E-state index in [9.17, 15) is 9.59 Å². The van der Waals surface area contributed by atoms with E-state index in [1.807, 2.05) is 66.7 Å². The number of hydrogen-bond donors (Lipinski definition) is 0. The molecule has 1 fully saturated rings. The molecule has 0 aliphatic carbocycles. The fraction of sp³-hybridized carbons (Fsp3) is 0.200. The molecule has 0 amide bonds. The van der Waals surface area contributed by atoms with E-state index in [0.717, 1.165) is 11.1 Å². The number of carbonyl (C=O) groups excluding carboxylic acids is 2. The van der Waals surface area contributed by atoms with Crippen LogP contribution in [0, 0.1) is 0 Å². The molecular formula is C25H21NO5. The van der Waals surface area contributed by atoms with Crippen molar-refractivity contribution in [3.8, 4) is 5.75 Å². The van der Waals surface area contributed by atoms with Crippen LogP contribution in [0.2, 0.25) is 0 Å². The molecule has 5 rings (SSSR count). The minimum atomic E-state index is -1.65. The highest BCUT2D eigenvalue weighted by Crippen LogP contribution is 2.70. The van der Waals surface area contributed by atoms with Gasteiger partial charge in [-0.15, -0.1) is 0 Å². The average molecular weight is 415 g/mol. The number of ether oxygens (including phenoxy) is 3. The largest absolute Gasteiger partial charge is 0.467 e. The average Bonchev–Trinajstić information content (AvgIpc) is 3.56. The van der Waals surface area contributed by atoms with E-state index in [-0.39, 0.29) is 0 Å². The summed E-state index contributed by atoms with van der Waals surface area (Å²) in [6.07, 6.45) is 0. The van der Waals surface area contributed by atoms with Gasteiger partial charge in [-0.3, -0.25) is 0 Å². The first-order valence-corrected chi connectivity index (χ1v) is 9.97. The molecule has 6 heteroatoms. The van der Waals surface area contributed by atoms with Gasteiger partial charge < -0.3 is 14.2 Å². The molecule has 31 heavy (non-hydrogen) atoms. The predicted octanol–water partition coefficient (Wildman–Crippen LogP) is 3.53. The number of rotatable bonds is 4. The van der Waals surface area contributed by atoms with E-state index in [1.165, 1.54) is 14.2 Å². The molecule has 3 aromatic rings. The molecule has 156 valence electrons. The van der Waals surface area contributed by atoms with E-state index in [1.54, 1.807) is 23.1 Å². The third-order valence-corrected chi connectivity index (χ3v) is 6.11. The lowest BCUT2D eigenvalue weighted by Crippen LogP contribution is -2.53. The molecule has 0 N–H and O–H groups in total. The molecule has 4 atom stereocenters. The molecule has 2 aliphatic rings. The van der Waals surface area contributed by atoms with E-state index < -0.39 is 29.2 Å². The Hall–Kier alpha value is -3.64. The fourth-order valence-corrected chi connectivity index (χ4v) is 4.82. The van der Waals surface area contributed by atoms with Crippen molar-refractivity contribution in [3.05, 3.63) is 102 Å². The molecule has 0 bridgehead atoms. The minimum absolute atomic E-state index is 0.465. The van der Waals surface area contributed by atoms with E-state index in [2.05, 4.69) is 0 Å². The Labute approximate surface area is 180 Å². The van der Waals surface area contributed by atoms with Gasteiger partial charge in [-0.1, -0.05) is 78.9 Å². The molecule has 2 aliphatic heterocycles. The van der Waals surface area contributed by atoms with Crippen LogP contribution in [0.25, 0.3) is 0 Å². The quantitative estimate of drug-likeness (QED) is 0.480. The smallest absolute Gasteiger partial charge is 0.371 e. The zero-order chi connectivity index (χ0) is 21.6. The predicted molar refractivity (Wildman–Crippen MR) is 112 cm³/mol. The van der Waals surface area contributed by atoms with Crippen LogP contribution in [-0.2, 0) is 30.3 Å². The van der Waals surface area contributed by atoms with Crippen molar-refractivity contribution < 1.29 is 23.8 Å². The first-order valence-electron chi connectivity index (χ1n) is 9.97. The summed E-state index contributed by atoms with van der Waals surface area (Å²) in [6.45, 7) is 0. The summed E-state index contributed by atoms with van der Waals surface area (Å²) in [5, 5.41) is 0. The van der Waals surface area contributed by atoms with Crippen molar-refractivity contribution in [1.29, 1.82) is 0 Å². The van der Waals surface area contributed by atoms with E-state index in [0.29, 0.717) is 11.3 Å². The third-order valence-electron chi connectivity index (χ3n) is 6.11. The Balaban J connectivity index is 1.85. The topological polar surface area (TPSA) is 64.8 Å². The van der Waals surface area contributed by atoms with Crippen LogP contribution in [0.3, 0.4) is 0 Å². The highest BCUT2D eigenvalue weighted by Gasteiger charge is 2.81.